The molecule has 2 aromatic carbocycles. The van der Waals surface area contributed by atoms with Gasteiger partial charge in [-0.25, -0.2) is 0 Å². The van der Waals surface area contributed by atoms with Crippen molar-refractivity contribution in [2.45, 2.75) is 6.54 Å². The van der Waals surface area contributed by atoms with Gasteiger partial charge in [0.1, 0.15) is 17.2 Å². The maximum atomic E-state index is 12.4. The minimum Gasteiger partial charge on any atom is -0.497 e. The number of amides is 1. The first kappa shape index (κ1) is 18.3. The number of methoxy groups -OCH3 is 1. The highest BCUT2D eigenvalue weighted by Gasteiger charge is 2.22. The van der Waals surface area contributed by atoms with Gasteiger partial charge >= 0.3 is 0 Å². The van der Waals surface area contributed by atoms with Crippen molar-refractivity contribution in [3.8, 4) is 11.5 Å². The summed E-state index contributed by atoms with van der Waals surface area (Å²) in [5.74, 6) is 1.42. The molecule has 1 aliphatic rings. The van der Waals surface area contributed by atoms with Crippen LogP contribution in [-0.2, 0) is 11.3 Å². The van der Waals surface area contributed by atoms with E-state index in [0.717, 1.165) is 42.0 Å². The predicted molar refractivity (Wildman–Crippen MR) is 104 cm³/mol. The lowest BCUT2D eigenvalue weighted by Crippen LogP contribution is -2.49. The Labute approximate surface area is 163 Å². The smallest absolute Gasteiger partial charge is 0.260 e. The quantitative estimate of drug-likeness (QED) is 0.654. The number of hydrogen-bond acceptors (Lipinski definition) is 6. The van der Waals surface area contributed by atoms with Gasteiger partial charge in [-0.05, 0) is 36.4 Å². The molecule has 4 rings (SSSR count). The van der Waals surface area contributed by atoms with Crippen molar-refractivity contribution >= 4 is 16.9 Å². The van der Waals surface area contributed by atoms with E-state index in [1.807, 2.05) is 41.3 Å². The summed E-state index contributed by atoms with van der Waals surface area (Å²) in [7, 11) is 1.62. The van der Waals surface area contributed by atoms with Gasteiger partial charge in [-0.1, -0.05) is 17.3 Å². The van der Waals surface area contributed by atoms with E-state index >= 15 is 0 Å². The number of carbonyl (C=O) groups excluding carboxylic acids is 1. The molecule has 0 atom stereocenters. The van der Waals surface area contributed by atoms with E-state index in [1.165, 1.54) is 0 Å². The lowest BCUT2D eigenvalue weighted by molar-refractivity contribution is -0.135. The zero-order chi connectivity index (χ0) is 19.3. The molecule has 0 saturated carbocycles. The normalized spacial score (nSPS) is 15.0. The standard InChI is InChI=1S/C21H23N3O4/c1-26-16-6-8-17(9-7-16)27-15-21(25)24-12-10-23(11-13-24)14-19-18-4-2-3-5-20(18)28-22-19/h2-9H,10-15H2,1H3. The van der Waals surface area contributed by atoms with Crippen LogP contribution in [0.25, 0.3) is 11.0 Å². The van der Waals surface area contributed by atoms with Crippen LogP contribution < -0.4 is 9.47 Å². The molecule has 0 radical (unpaired) electrons. The summed E-state index contributed by atoms with van der Waals surface area (Å²) in [4.78, 5) is 16.6. The van der Waals surface area contributed by atoms with Crippen LogP contribution in [0.2, 0.25) is 0 Å². The molecule has 0 bridgehead atoms. The maximum absolute atomic E-state index is 12.4. The van der Waals surface area contributed by atoms with Gasteiger partial charge in [0, 0.05) is 38.1 Å². The molecule has 1 amide bonds. The van der Waals surface area contributed by atoms with Gasteiger partial charge in [-0.15, -0.1) is 0 Å². The Hall–Kier alpha value is -3.06. The second-order valence-electron chi connectivity index (χ2n) is 6.75. The molecule has 146 valence electrons. The third-order valence-electron chi connectivity index (χ3n) is 4.97. The molecule has 1 saturated heterocycles. The van der Waals surface area contributed by atoms with Crippen molar-refractivity contribution in [2.24, 2.45) is 0 Å². The molecular formula is C21H23N3O4. The topological polar surface area (TPSA) is 68.0 Å². The number of para-hydroxylation sites is 1. The van der Waals surface area contributed by atoms with Gasteiger partial charge in [0.15, 0.2) is 12.2 Å². The number of rotatable bonds is 6. The molecule has 0 N–H and O–H groups in total. The summed E-state index contributed by atoms with van der Waals surface area (Å²) >= 11 is 0. The van der Waals surface area contributed by atoms with Crippen LogP contribution in [0.3, 0.4) is 0 Å². The first-order chi connectivity index (χ1) is 13.7. The second kappa shape index (κ2) is 8.31. The van der Waals surface area contributed by atoms with Crippen LogP contribution in [0, 0.1) is 0 Å². The number of carbonyl (C=O) groups is 1. The summed E-state index contributed by atoms with van der Waals surface area (Å²) in [6.45, 7) is 3.73. The zero-order valence-corrected chi connectivity index (χ0v) is 15.8. The van der Waals surface area contributed by atoms with Gasteiger partial charge < -0.3 is 18.9 Å². The number of ether oxygens (including phenoxy) is 2. The lowest BCUT2D eigenvalue weighted by Gasteiger charge is -2.34. The van der Waals surface area contributed by atoms with E-state index in [-0.39, 0.29) is 12.5 Å². The summed E-state index contributed by atoms with van der Waals surface area (Å²) < 4.78 is 16.1. The van der Waals surface area contributed by atoms with Crippen LogP contribution in [0.1, 0.15) is 5.69 Å². The van der Waals surface area contributed by atoms with Gasteiger partial charge in [0.2, 0.25) is 0 Å². The summed E-state index contributed by atoms with van der Waals surface area (Å²) in [6.07, 6.45) is 0. The van der Waals surface area contributed by atoms with Gasteiger partial charge in [-0.3, -0.25) is 9.69 Å². The number of hydrogen-bond donors (Lipinski definition) is 0. The second-order valence-corrected chi connectivity index (χ2v) is 6.75. The largest absolute Gasteiger partial charge is 0.497 e. The number of aromatic nitrogens is 1. The highest BCUT2D eigenvalue weighted by Crippen LogP contribution is 2.20. The Morgan fingerprint density at radius 1 is 1.04 bits per heavy atom. The van der Waals surface area contributed by atoms with Crippen LogP contribution in [0.4, 0.5) is 0 Å². The summed E-state index contributed by atoms with van der Waals surface area (Å²) in [5, 5.41) is 5.24. The molecular weight excluding hydrogens is 358 g/mol. The van der Waals surface area contributed by atoms with Gasteiger partial charge in [0.05, 0.1) is 7.11 Å². The fourth-order valence-electron chi connectivity index (χ4n) is 3.33. The Morgan fingerprint density at radius 3 is 2.50 bits per heavy atom. The monoisotopic (exact) mass is 381 g/mol. The fourth-order valence-corrected chi connectivity index (χ4v) is 3.33. The number of benzene rings is 2. The molecule has 1 aliphatic heterocycles. The molecule has 1 fully saturated rings. The average Bonchev–Trinajstić information content (AvgIpc) is 3.16. The molecule has 1 aromatic heterocycles. The van der Waals surface area contributed by atoms with E-state index in [4.69, 9.17) is 14.0 Å². The Kier molecular flexibility index (Phi) is 5.43. The Morgan fingerprint density at radius 2 is 1.75 bits per heavy atom. The predicted octanol–water partition coefficient (Wildman–Crippen LogP) is 2.56. The van der Waals surface area contributed by atoms with E-state index in [1.54, 1.807) is 19.2 Å². The minimum absolute atomic E-state index is 0.00218. The van der Waals surface area contributed by atoms with Crippen molar-refractivity contribution < 1.29 is 18.8 Å². The van der Waals surface area contributed by atoms with Crippen molar-refractivity contribution in [3.63, 3.8) is 0 Å². The van der Waals surface area contributed by atoms with Crippen molar-refractivity contribution in [1.29, 1.82) is 0 Å². The molecule has 0 spiro atoms. The highest BCUT2D eigenvalue weighted by atomic mass is 16.5. The fraction of sp³-hybridized carbons (Fsp3) is 0.333. The van der Waals surface area contributed by atoms with Crippen LogP contribution in [0.15, 0.2) is 53.1 Å². The van der Waals surface area contributed by atoms with E-state index in [9.17, 15) is 4.79 Å². The van der Waals surface area contributed by atoms with Gasteiger partial charge in [-0.2, -0.15) is 0 Å². The van der Waals surface area contributed by atoms with Crippen LogP contribution >= 0.6 is 0 Å². The molecule has 3 aromatic rings. The summed E-state index contributed by atoms with van der Waals surface area (Å²) in [5.41, 5.74) is 1.75. The highest BCUT2D eigenvalue weighted by molar-refractivity contribution is 5.79. The molecule has 7 heteroatoms. The molecule has 0 aliphatic carbocycles. The Bertz CT molecular complexity index is 930. The number of fused-ring (bicyclic) bond motifs is 1. The Balaban J connectivity index is 1.25. The average molecular weight is 381 g/mol. The van der Waals surface area contributed by atoms with Crippen molar-refractivity contribution in [1.82, 2.24) is 15.0 Å². The zero-order valence-electron chi connectivity index (χ0n) is 15.8. The molecule has 28 heavy (non-hydrogen) atoms. The lowest BCUT2D eigenvalue weighted by atomic mass is 10.2. The summed E-state index contributed by atoms with van der Waals surface area (Å²) in [6, 6.07) is 15.1. The first-order valence-electron chi connectivity index (χ1n) is 9.33. The van der Waals surface area contributed by atoms with E-state index < -0.39 is 0 Å². The third-order valence-corrected chi connectivity index (χ3v) is 4.97. The molecule has 0 unspecified atom stereocenters. The minimum atomic E-state index is 0.00218. The maximum Gasteiger partial charge on any atom is 0.260 e. The van der Waals surface area contributed by atoms with Crippen molar-refractivity contribution in [2.75, 3.05) is 39.9 Å². The number of nitrogens with zero attached hydrogens (tertiary/aromatic N) is 3. The molecule has 2 heterocycles. The third kappa shape index (κ3) is 4.09. The van der Waals surface area contributed by atoms with Crippen molar-refractivity contribution in [3.05, 3.63) is 54.2 Å². The van der Waals surface area contributed by atoms with Gasteiger partial charge in [0.25, 0.3) is 5.91 Å². The van der Waals surface area contributed by atoms with Crippen LogP contribution in [0.5, 0.6) is 11.5 Å². The van der Waals surface area contributed by atoms with E-state index in [2.05, 4.69) is 10.1 Å². The molecule has 7 nitrogen and oxygen atoms in total. The van der Waals surface area contributed by atoms with E-state index in [0.29, 0.717) is 18.8 Å². The number of piperazine rings is 1. The van der Waals surface area contributed by atoms with Crippen LogP contribution in [-0.4, -0.2) is 60.8 Å². The first-order valence-corrected chi connectivity index (χ1v) is 9.33. The SMILES string of the molecule is COc1ccc(OCC(=O)N2CCN(Cc3noc4ccccc34)CC2)cc1.